The number of benzene rings is 2. The minimum absolute atomic E-state index is 0.0594. The lowest BCUT2D eigenvalue weighted by Crippen LogP contribution is -2.32. The quantitative estimate of drug-likeness (QED) is 0.441. The molecule has 37 heavy (non-hydrogen) atoms. The zero-order valence-electron chi connectivity index (χ0n) is 20.3. The average Bonchev–Trinajstić information content (AvgIpc) is 3.18. The number of carbonyl (C=O) groups excluding carboxylic acids is 1. The SMILES string of the molecule is COc1ccc(S(=O)(=O)Nc2ccc(S(=O)(=O)Nc3ccccn3)cc2)cc1C(=O)N1CCCCCC1. The molecule has 1 aromatic heterocycles. The number of methoxy groups -OCH3 is 1. The maximum absolute atomic E-state index is 13.2. The van der Waals surface area contributed by atoms with Gasteiger partial charge in [-0.15, -0.1) is 0 Å². The standard InChI is InChI=1S/C25H28N4O6S2/c1-35-23-14-13-21(18-22(23)25(30)29-16-6-2-3-7-17-29)37(33,34)27-19-9-11-20(12-10-19)36(31,32)28-24-8-4-5-15-26-24/h4-5,8-15,18,27H,2-3,6-7,16-17H2,1H3,(H,26,28). The second-order valence-electron chi connectivity index (χ2n) is 8.52. The number of ether oxygens (including phenoxy) is 1. The third-order valence-corrected chi connectivity index (χ3v) is 8.68. The number of likely N-dealkylation sites (tertiary alicyclic amines) is 1. The van der Waals surface area contributed by atoms with Crippen LogP contribution in [0.3, 0.4) is 0 Å². The normalized spacial score (nSPS) is 14.5. The fourth-order valence-electron chi connectivity index (χ4n) is 4.00. The van der Waals surface area contributed by atoms with Crippen molar-refractivity contribution in [3.8, 4) is 5.75 Å². The Labute approximate surface area is 216 Å². The van der Waals surface area contributed by atoms with Gasteiger partial charge in [0.05, 0.1) is 22.5 Å². The van der Waals surface area contributed by atoms with Crippen LogP contribution in [0.25, 0.3) is 0 Å². The summed E-state index contributed by atoms with van der Waals surface area (Å²) in [6, 6.07) is 14.2. The van der Waals surface area contributed by atoms with Crippen LogP contribution in [0.15, 0.2) is 76.7 Å². The number of pyridine rings is 1. The van der Waals surface area contributed by atoms with E-state index in [9.17, 15) is 21.6 Å². The van der Waals surface area contributed by atoms with Crippen molar-refractivity contribution in [2.45, 2.75) is 35.5 Å². The lowest BCUT2D eigenvalue weighted by atomic mass is 10.1. The largest absolute Gasteiger partial charge is 0.496 e. The smallest absolute Gasteiger partial charge is 0.263 e. The monoisotopic (exact) mass is 544 g/mol. The van der Waals surface area contributed by atoms with E-state index in [2.05, 4.69) is 14.4 Å². The summed E-state index contributed by atoms with van der Waals surface area (Å²) in [4.78, 5) is 18.7. The van der Waals surface area contributed by atoms with Gasteiger partial charge in [-0.2, -0.15) is 0 Å². The summed E-state index contributed by atoms with van der Waals surface area (Å²) in [5.41, 5.74) is 0.335. The summed E-state index contributed by atoms with van der Waals surface area (Å²) in [7, 11) is -6.56. The summed E-state index contributed by atoms with van der Waals surface area (Å²) in [6.07, 6.45) is 5.37. The van der Waals surface area contributed by atoms with E-state index in [1.165, 1.54) is 61.8 Å². The number of rotatable bonds is 8. The van der Waals surface area contributed by atoms with Crippen molar-refractivity contribution in [2.24, 2.45) is 0 Å². The third-order valence-electron chi connectivity index (χ3n) is 5.93. The van der Waals surface area contributed by atoms with E-state index in [1.54, 1.807) is 17.0 Å². The molecule has 0 bridgehead atoms. The van der Waals surface area contributed by atoms with Crippen LogP contribution < -0.4 is 14.2 Å². The van der Waals surface area contributed by atoms with Crippen molar-refractivity contribution in [1.82, 2.24) is 9.88 Å². The summed E-state index contributed by atoms with van der Waals surface area (Å²) < 4.78 is 61.5. The van der Waals surface area contributed by atoms with E-state index in [0.717, 1.165) is 25.7 Å². The Morgan fingerprint density at radius 3 is 2.11 bits per heavy atom. The number of hydrogen-bond acceptors (Lipinski definition) is 7. The van der Waals surface area contributed by atoms with Crippen molar-refractivity contribution in [1.29, 1.82) is 0 Å². The topological polar surface area (TPSA) is 135 Å². The molecular formula is C25H28N4O6S2. The molecule has 1 fully saturated rings. The number of anilines is 2. The highest BCUT2D eigenvalue weighted by molar-refractivity contribution is 7.93. The van der Waals surface area contributed by atoms with Gasteiger partial charge in [-0.1, -0.05) is 18.9 Å². The molecule has 2 aromatic carbocycles. The van der Waals surface area contributed by atoms with Gasteiger partial charge < -0.3 is 9.64 Å². The first-order valence-electron chi connectivity index (χ1n) is 11.7. The van der Waals surface area contributed by atoms with Crippen molar-refractivity contribution in [3.05, 3.63) is 72.4 Å². The number of sulfonamides is 2. The van der Waals surface area contributed by atoms with Crippen LogP contribution in [0.1, 0.15) is 36.0 Å². The van der Waals surface area contributed by atoms with Gasteiger partial charge in [0.2, 0.25) is 0 Å². The molecule has 4 rings (SSSR count). The highest BCUT2D eigenvalue weighted by Gasteiger charge is 2.24. The highest BCUT2D eigenvalue weighted by atomic mass is 32.2. The molecule has 0 spiro atoms. The number of amides is 1. The Balaban J connectivity index is 1.53. The molecule has 10 nitrogen and oxygen atoms in total. The maximum atomic E-state index is 13.2. The molecule has 0 radical (unpaired) electrons. The first-order valence-corrected chi connectivity index (χ1v) is 14.7. The number of hydrogen-bond donors (Lipinski definition) is 2. The number of nitrogens with one attached hydrogen (secondary N) is 2. The van der Waals surface area contributed by atoms with E-state index in [4.69, 9.17) is 4.74 Å². The third kappa shape index (κ3) is 6.38. The van der Waals surface area contributed by atoms with E-state index in [-0.39, 0.29) is 32.8 Å². The fraction of sp³-hybridized carbons (Fsp3) is 0.280. The minimum atomic E-state index is -4.08. The molecule has 1 aliphatic rings. The molecule has 0 atom stereocenters. The molecule has 0 saturated carbocycles. The zero-order valence-corrected chi connectivity index (χ0v) is 21.9. The van der Waals surface area contributed by atoms with Gasteiger partial charge in [0.25, 0.3) is 26.0 Å². The van der Waals surface area contributed by atoms with Crippen LogP contribution >= 0.6 is 0 Å². The summed E-state index contributed by atoms with van der Waals surface area (Å²) >= 11 is 0. The fourth-order valence-corrected chi connectivity index (χ4v) is 6.09. The first-order chi connectivity index (χ1) is 17.7. The van der Waals surface area contributed by atoms with E-state index < -0.39 is 20.0 Å². The minimum Gasteiger partial charge on any atom is -0.496 e. The highest BCUT2D eigenvalue weighted by Crippen LogP contribution is 2.27. The Morgan fingerprint density at radius 2 is 1.49 bits per heavy atom. The second kappa shape index (κ2) is 11.2. The molecule has 1 saturated heterocycles. The van der Waals surface area contributed by atoms with Crippen LogP contribution in [0, 0.1) is 0 Å². The molecule has 1 amide bonds. The van der Waals surface area contributed by atoms with Crippen LogP contribution in [-0.4, -0.2) is 52.8 Å². The summed E-state index contributed by atoms with van der Waals surface area (Å²) in [5.74, 6) is 0.186. The Kier molecular flexibility index (Phi) is 7.98. The van der Waals surface area contributed by atoms with E-state index in [1.807, 2.05) is 0 Å². The van der Waals surface area contributed by atoms with Gasteiger partial charge >= 0.3 is 0 Å². The van der Waals surface area contributed by atoms with E-state index in [0.29, 0.717) is 18.8 Å². The Morgan fingerprint density at radius 1 is 0.838 bits per heavy atom. The van der Waals surface area contributed by atoms with Gasteiger partial charge in [0.1, 0.15) is 11.6 Å². The van der Waals surface area contributed by atoms with Crippen molar-refractivity contribution >= 4 is 37.5 Å². The predicted octanol–water partition coefficient (Wildman–Crippen LogP) is 3.71. The maximum Gasteiger partial charge on any atom is 0.263 e. The van der Waals surface area contributed by atoms with E-state index >= 15 is 0 Å². The number of aromatic nitrogens is 1. The average molecular weight is 545 g/mol. The Hall–Kier alpha value is -3.64. The Bertz CT molecular complexity index is 1450. The number of nitrogens with zero attached hydrogens (tertiary/aromatic N) is 2. The number of carbonyl (C=O) groups is 1. The molecule has 0 unspecified atom stereocenters. The first kappa shape index (κ1) is 26.4. The molecule has 196 valence electrons. The lowest BCUT2D eigenvalue weighted by Gasteiger charge is -2.22. The van der Waals surface area contributed by atoms with Crippen molar-refractivity contribution < 1.29 is 26.4 Å². The van der Waals surface area contributed by atoms with Gasteiger partial charge in [0, 0.05) is 25.0 Å². The summed E-state index contributed by atoms with van der Waals surface area (Å²) in [5, 5.41) is 0. The molecule has 0 aliphatic carbocycles. The predicted molar refractivity (Wildman–Crippen MR) is 140 cm³/mol. The summed E-state index contributed by atoms with van der Waals surface area (Å²) in [6.45, 7) is 1.23. The molecule has 12 heteroatoms. The van der Waals surface area contributed by atoms with Gasteiger partial charge in [-0.05, 0) is 67.4 Å². The molecule has 3 aromatic rings. The van der Waals surface area contributed by atoms with Gasteiger partial charge in [-0.25, -0.2) is 21.8 Å². The van der Waals surface area contributed by atoms with Gasteiger partial charge in [0.15, 0.2) is 0 Å². The second-order valence-corrected chi connectivity index (χ2v) is 11.9. The van der Waals surface area contributed by atoms with Crippen molar-refractivity contribution in [2.75, 3.05) is 29.6 Å². The van der Waals surface area contributed by atoms with Crippen LogP contribution in [0.2, 0.25) is 0 Å². The molecular weight excluding hydrogens is 516 g/mol. The van der Waals surface area contributed by atoms with Crippen LogP contribution in [-0.2, 0) is 20.0 Å². The molecule has 1 aliphatic heterocycles. The lowest BCUT2D eigenvalue weighted by molar-refractivity contribution is 0.0758. The van der Waals surface area contributed by atoms with Crippen LogP contribution in [0.5, 0.6) is 5.75 Å². The van der Waals surface area contributed by atoms with Crippen molar-refractivity contribution in [3.63, 3.8) is 0 Å². The molecule has 2 N–H and O–H groups in total. The molecule has 2 heterocycles. The van der Waals surface area contributed by atoms with Crippen LogP contribution in [0.4, 0.5) is 11.5 Å². The zero-order chi connectivity index (χ0) is 26.5. The van der Waals surface area contributed by atoms with Gasteiger partial charge in [-0.3, -0.25) is 14.2 Å².